The number of benzene rings is 1. The van der Waals surface area contributed by atoms with Gasteiger partial charge in [0.25, 0.3) is 10.2 Å². The summed E-state index contributed by atoms with van der Waals surface area (Å²) in [7, 11) is -7.14. The van der Waals surface area contributed by atoms with Gasteiger partial charge in [-0.05, 0) is 5.56 Å². The molecule has 1 fully saturated rings. The molecule has 18 heavy (non-hydrogen) atoms. The average Bonchev–Trinajstić information content (AvgIpc) is 2.27. The average molecular weight is 290 g/mol. The highest BCUT2D eigenvalue weighted by molar-refractivity contribution is 7.91. The van der Waals surface area contributed by atoms with E-state index in [1.165, 1.54) is 0 Å². The summed E-state index contributed by atoms with van der Waals surface area (Å²) < 4.78 is 47.3. The number of hydrogen-bond acceptors (Lipinski definition) is 4. The van der Waals surface area contributed by atoms with Crippen LogP contribution in [0.15, 0.2) is 30.3 Å². The largest absolute Gasteiger partial charge is 0.277 e. The molecule has 2 N–H and O–H groups in total. The summed E-state index contributed by atoms with van der Waals surface area (Å²) in [5, 5.41) is 5.13. The maximum Gasteiger partial charge on any atom is 0.277 e. The van der Waals surface area contributed by atoms with E-state index >= 15 is 0 Å². The third-order valence-corrected chi connectivity index (χ3v) is 5.61. The Hall–Kier alpha value is -0.960. The Kier molecular flexibility index (Phi) is 3.45. The predicted octanol–water partition coefficient (Wildman–Crippen LogP) is -0.338. The molecule has 0 saturated carbocycles. The van der Waals surface area contributed by atoms with Gasteiger partial charge in [0.1, 0.15) is 0 Å². The number of nitrogens with two attached hydrogens (primary N) is 1. The van der Waals surface area contributed by atoms with E-state index in [-0.39, 0.29) is 18.1 Å². The second kappa shape index (κ2) is 4.61. The molecule has 0 radical (unpaired) electrons. The lowest BCUT2D eigenvalue weighted by molar-refractivity contribution is 0.345. The van der Waals surface area contributed by atoms with Gasteiger partial charge in [-0.3, -0.25) is 0 Å². The Morgan fingerprint density at radius 1 is 1.22 bits per heavy atom. The van der Waals surface area contributed by atoms with Crippen molar-refractivity contribution in [3.8, 4) is 0 Å². The fourth-order valence-corrected chi connectivity index (χ4v) is 4.64. The van der Waals surface area contributed by atoms with Crippen LogP contribution < -0.4 is 5.14 Å². The first-order valence-electron chi connectivity index (χ1n) is 5.34. The quantitative estimate of drug-likeness (QED) is 0.805. The van der Waals surface area contributed by atoms with Gasteiger partial charge in [0.15, 0.2) is 9.84 Å². The molecule has 6 nitrogen and oxygen atoms in total. The molecule has 1 saturated heterocycles. The fourth-order valence-electron chi connectivity index (χ4n) is 2.03. The third kappa shape index (κ3) is 2.89. The molecule has 0 amide bonds. The molecule has 0 aromatic heterocycles. The molecule has 2 rings (SSSR count). The van der Waals surface area contributed by atoms with Crippen LogP contribution in [0.2, 0.25) is 0 Å². The van der Waals surface area contributed by atoms with Crippen LogP contribution in [-0.2, 0) is 20.0 Å². The molecule has 1 aromatic rings. The summed E-state index contributed by atoms with van der Waals surface area (Å²) in [6, 6.07) is 7.91. The molecule has 1 aliphatic rings. The topological polar surface area (TPSA) is 97.5 Å². The highest BCUT2D eigenvalue weighted by Gasteiger charge is 2.37. The number of hydrogen-bond donors (Lipinski definition) is 1. The first-order valence-corrected chi connectivity index (χ1v) is 8.67. The molecule has 1 aromatic carbocycles. The Morgan fingerprint density at radius 3 is 2.39 bits per heavy atom. The minimum atomic E-state index is -3.90. The summed E-state index contributed by atoms with van der Waals surface area (Å²) in [5.74, 6) is -0.416. The minimum Gasteiger partial charge on any atom is -0.229 e. The van der Waals surface area contributed by atoms with E-state index < -0.39 is 26.1 Å². The summed E-state index contributed by atoms with van der Waals surface area (Å²) >= 11 is 0. The number of sulfone groups is 1. The van der Waals surface area contributed by atoms with E-state index in [2.05, 4.69) is 0 Å². The molecule has 100 valence electrons. The van der Waals surface area contributed by atoms with E-state index in [0.29, 0.717) is 5.56 Å². The maximum atomic E-state index is 11.6. The van der Waals surface area contributed by atoms with Crippen molar-refractivity contribution in [1.82, 2.24) is 4.31 Å². The molecule has 0 aliphatic carbocycles. The van der Waals surface area contributed by atoms with Gasteiger partial charge in [-0.15, -0.1) is 0 Å². The van der Waals surface area contributed by atoms with Gasteiger partial charge in [-0.2, -0.15) is 12.7 Å². The molecule has 8 heteroatoms. The smallest absolute Gasteiger partial charge is 0.229 e. The number of nitrogens with zero attached hydrogens (tertiary/aromatic N) is 1. The lowest BCUT2D eigenvalue weighted by Crippen LogP contribution is -2.48. The normalized spacial score (nSPS) is 24.8. The molecule has 0 bridgehead atoms. The van der Waals surface area contributed by atoms with Crippen molar-refractivity contribution in [2.75, 3.05) is 18.1 Å². The summed E-state index contributed by atoms with van der Waals surface area (Å²) in [6.45, 7) is -0.0965. The number of rotatable bonds is 2. The fraction of sp³-hybridized carbons (Fsp3) is 0.400. The van der Waals surface area contributed by atoms with Crippen LogP contribution in [0.5, 0.6) is 0 Å². The zero-order valence-electron chi connectivity index (χ0n) is 9.56. The second-order valence-electron chi connectivity index (χ2n) is 4.20. The Bertz CT molecular complexity index is 625. The van der Waals surface area contributed by atoms with Crippen molar-refractivity contribution in [2.24, 2.45) is 5.14 Å². The van der Waals surface area contributed by atoms with E-state index in [1.54, 1.807) is 30.3 Å². The Balaban J connectivity index is 2.44. The van der Waals surface area contributed by atoms with Crippen LogP contribution in [0, 0.1) is 0 Å². The Labute approximate surface area is 107 Å². The van der Waals surface area contributed by atoms with Gasteiger partial charge in [0, 0.05) is 6.54 Å². The van der Waals surface area contributed by atoms with E-state index in [4.69, 9.17) is 5.14 Å². The lowest BCUT2D eigenvalue weighted by atomic mass is 10.1. The summed E-state index contributed by atoms with van der Waals surface area (Å²) in [6.07, 6.45) is 0. The molecule has 1 heterocycles. The standard InChI is InChI=1S/C10H14N2O4S2/c11-18(15,16)12-6-7-17(13,14)8-10(12)9-4-2-1-3-5-9/h1-5,10H,6-8H2,(H2,11,15,16). The molecule has 0 spiro atoms. The SMILES string of the molecule is NS(=O)(=O)N1CCS(=O)(=O)CC1c1ccccc1. The minimum absolute atomic E-state index is 0.0965. The highest BCUT2D eigenvalue weighted by atomic mass is 32.2. The first-order chi connectivity index (χ1) is 8.30. The van der Waals surface area contributed by atoms with Crippen LogP contribution >= 0.6 is 0 Å². The van der Waals surface area contributed by atoms with Crippen LogP contribution in [0.1, 0.15) is 11.6 Å². The Morgan fingerprint density at radius 2 is 1.83 bits per heavy atom. The predicted molar refractivity (Wildman–Crippen MR) is 67.7 cm³/mol. The van der Waals surface area contributed by atoms with Crippen molar-refractivity contribution in [1.29, 1.82) is 0 Å². The summed E-state index contributed by atoms with van der Waals surface area (Å²) in [4.78, 5) is 0. The molecule has 1 unspecified atom stereocenters. The molecular weight excluding hydrogens is 276 g/mol. The van der Waals surface area contributed by atoms with Gasteiger partial charge >= 0.3 is 0 Å². The zero-order valence-corrected chi connectivity index (χ0v) is 11.2. The molecular formula is C10H14N2O4S2. The van der Waals surface area contributed by atoms with Gasteiger partial charge in [-0.1, -0.05) is 30.3 Å². The maximum absolute atomic E-state index is 11.6. The van der Waals surface area contributed by atoms with E-state index in [0.717, 1.165) is 4.31 Å². The van der Waals surface area contributed by atoms with Crippen molar-refractivity contribution in [3.05, 3.63) is 35.9 Å². The van der Waals surface area contributed by atoms with Crippen molar-refractivity contribution < 1.29 is 16.8 Å². The lowest BCUT2D eigenvalue weighted by Gasteiger charge is -2.33. The van der Waals surface area contributed by atoms with Crippen molar-refractivity contribution >= 4 is 20.0 Å². The van der Waals surface area contributed by atoms with Crippen LogP contribution in [-0.4, -0.2) is 39.2 Å². The van der Waals surface area contributed by atoms with Crippen molar-refractivity contribution in [3.63, 3.8) is 0 Å². The van der Waals surface area contributed by atoms with Crippen LogP contribution in [0.25, 0.3) is 0 Å². The van der Waals surface area contributed by atoms with Crippen molar-refractivity contribution in [2.45, 2.75) is 6.04 Å². The first kappa shape index (κ1) is 13.5. The van der Waals surface area contributed by atoms with Crippen LogP contribution in [0.4, 0.5) is 0 Å². The van der Waals surface area contributed by atoms with Gasteiger partial charge in [0.2, 0.25) is 0 Å². The summed E-state index contributed by atoms with van der Waals surface area (Å²) in [5.41, 5.74) is 0.634. The van der Waals surface area contributed by atoms with Gasteiger partial charge in [0.05, 0.1) is 17.5 Å². The zero-order chi connectivity index (χ0) is 13.4. The van der Waals surface area contributed by atoms with Gasteiger partial charge in [-0.25, -0.2) is 13.6 Å². The second-order valence-corrected chi connectivity index (χ2v) is 7.92. The molecule has 1 aliphatic heterocycles. The van der Waals surface area contributed by atoms with Gasteiger partial charge < -0.3 is 0 Å². The van der Waals surface area contributed by atoms with E-state index in [9.17, 15) is 16.8 Å². The monoisotopic (exact) mass is 290 g/mol. The van der Waals surface area contributed by atoms with Crippen LogP contribution in [0.3, 0.4) is 0 Å². The molecule has 1 atom stereocenters. The van der Waals surface area contributed by atoms with E-state index in [1.807, 2.05) is 0 Å². The highest BCUT2D eigenvalue weighted by Crippen LogP contribution is 2.27. The third-order valence-electron chi connectivity index (χ3n) is 2.89.